The van der Waals surface area contributed by atoms with Gasteiger partial charge >= 0.3 is 5.97 Å². The maximum atomic E-state index is 13.7. The number of esters is 1. The van der Waals surface area contributed by atoms with Crippen LogP contribution in [0.4, 0.5) is 10.1 Å². The van der Waals surface area contributed by atoms with Crippen molar-refractivity contribution in [2.45, 2.75) is 65.6 Å². The lowest BCUT2D eigenvalue weighted by atomic mass is 9.88. The molecule has 2 aromatic rings. The van der Waals surface area contributed by atoms with E-state index in [-0.39, 0.29) is 11.7 Å². The number of aliphatic imine (C=N–C) groups is 1. The van der Waals surface area contributed by atoms with Crippen LogP contribution in [0.1, 0.15) is 64.5 Å². The molecule has 1 aliphatic rings. The fourth-order valence-electron chi connectivity index (χ4n) is 4.59. The van der Waals surface area contributed by atoms with Gasteiger partial charge in [0.2, 0.25) is 12.1 Å². The Bertz CT molecular complexity index is 1150. The zero-order valence-electron chi connectivity index (χ0n) is 22.2. The SMILES string of the molecule is CCCCC(OC(C)=O)C(CC(C)C)C(=O)NC1N=C(c2ccc(F)cc2)c2ccccc2N(C)C1=O. The molecule has 3 unspecified atom stereocenters. The Morgan fingerprint density at radius 1 is 1.14 bits per heavy atom. The highest BCUT2D eigenvalue weighted by atomic mass is 19.1. The predicted molar refractivity (Wildman–Crippen MR) is 142 cm³/mol. The van der Waals surface area contributed by atoms with Gasteiger partial charge in [0.05, 0.1) is 17.3 Å². The van der Waals surface area contributed by atoms with Crippen LogP contribution in [0.5, 0.6) is 0 Å². The number of benzodiazepines with no additional fused rings is 1. The van der Waals surface area contributed by atoms with E-state index in [9.17, 15) is 18.8 Å². The van der Waals surface area contributed by atoms with Crippen molar-refractivity contribution in [3.8, 4) is 0 Å². The first-order valence-electron chi connectivity index (χ1n) is 12.8. The minimum Gasteiger partial charge on any atom is -0.462 e. The maximum absolute atomic E-state index is 13.7. The number of amides is 2. The largest absolute Gasteiger partial charge is 0.462 e. The second kappa shape index (κ2) is 12.6. The van der Waals surface area contributed by atoms with Crippen molar-refractivity contribution in [3.63, 3.8) is 0 Å². The van der Waals surface area contributed by atoms with E-state index in [0.717, 1.165) is 12.8 Å². The molecule has 8 heteroatoms. The van der Waals surface area contributed by atoms with Crippen LogP contribution in [0.15, 0.2) is 53.5 Å². The van der Waals surface area contributed by atoms with E-state index in [4.69, 9.17) is 9.73 Å². The van der Waals surface area contributed by atoms with Crippen molar-refractivity contribution in [1.82, 2.24) is 5.32 Å². The molecule has 37 heavy (non-hydrogen) atoms. The molecule has 3 rings (SSSR count). The summed E-state index contributed by atoms with van der Waals surface area (Å²) in [6.07, 6.45) is 0.921. The Morgan fingerprint density at radius 2 is 1.81 bits per heavy atom. The minimum atomic E-state index is -1.20. The van der Waals surface area contributed by atoms with Crippen LogP contribution in [0.2, 0.25) is 0 Å². The van der Waals surface area contributed by atoms with Crippen LogP contribution in [0.3, 0.4) is 0 Å². The van der Waals surface area contributed by atoms with E-state index >= 15 is 0 Å². The summed E-state index contributed by atoms with van der Waals surface area (Å²) in [4.78, 5) is 45.2. The molecule has 0 saturated heterocycles. The quantitative estimate of drug-likeness (QED) is 0.463. The molecule has 0 aromatic heterocycles. The summed E-state index contributed by atoms with van der Waals surface area (Å²) in [5.74, 6) is -2.10. The van der Waals surface area contributed by atoms with Gasteiger partial charge in [0.1, 0.15) is 11.9 Å². The fraction of sp³-hybridized carbons (Fsp3) is 0.448. The van der Waals surface area contributed by atoms with E-state index in [1.54, 1.807) is 25.2 Å². The summed E-state index contributed by atoms with van der Waals surface area (Å²) in [7, 11) is 1.64. The smallest absolute Gasteiger partial charge is 0.302 e. The average molecular weight is 510 g/mol. The second-order valence-electron chi connectivity index (χ2n) is 9.84. The number of carbonyl (C=O) groups is 3. The van der Waals surface area contributed by atoms with E-state index in [1.807, 2.05) is 39.0 Å². The Hall–Kier alpha value is -3.55. The number of hydrogen-bond acceptors (Lipinski definition) is 5. The van der Waals surface area contributed by atoms with Gasteiger partial charge < -0.3 is 15.0 Å². The van der Waals surface area contributed by atoms with Gasteiger partial charge in [-0.15, -0.1) is 0 Å². The highest BCUT2D eigenvalue weighted by molar-refractivity contribution is 6.20. The summed E-state index contributed by atoms with van der Waals surface area (Å²) in [6, 6.07) is 13.2. The first-order chi connectivity index (χ1) is 17.6. The predicted octanol–water partition coefficient (Wildman–Crippen LogP) is 4.87. The number of rotatable bonds is 10. The van der Waals surface area contributed by atoms with Gasteiger partial charge in [-0.2, -0.15) is 0 Å². The highest BCUT2D eigenvalue weighted by Gasteiger charge is 2.36. The third kappa shape index (κ3) is 7.02. The molecular formula is C29H36FN3O4. The van der Waals surface area contributed by atoms with Gasteiger partial charge in [0, 0.05) is 25.1 Å². The molecule has 0 bridgehead atoms. The summed E-state index contributed by atoms with van der Waals surface area (Å²) in [5.41, 5.74) is 2.42. The van der Waals surface area contributed by atoms with E-state index in [1.165, 1.54) is 24.0 Å². The number of nitrogens with zero attached hydrogens (tertiary/aromatic N) is 2. The number of halogens is 1. The zero-order valence-corrected chi connectivity index (χ0v) is 22.2. The Morgan fingerprint density at radius 3 is 2.43 bits per heavy atom. The van der Waals surface area contributed by atoms with Crippen molar-refractivity contribution in [2.75, 3.05) is 11.9 Å². The van der Waals surface area contributed by atoms with Crippen molar-refractivity contribution in [1.29, 1.82) is 0 Å². The van der Waals surface area contributed by atoms with Crippen LogP contribution in [-0.4, -0.2) is 42.8 Å². The number of unbranched alkanes of at least 4 members (excludes halogenated alkanes) is 1. The average Bonchev–Trinajstić information content (AvgIpc) is 2.96. The molecule has 7 nitrogen and oxygen atoms in total. The van der Waals surface area contributed by atoms with Crippen LogP contribution in [0.25, 0.3) is 0 Å². The third-order valence-electron chi connectivity index (χ3n) is 6.41. The normalized spacial score (nSPS) is 16.9. The molecule has 1 N–H and O–H groups in total. The lowest BCUT2D eigenvalue weighted by molar-refractivity contribution is -0.153. The molecule has 198 valence electrons. The topological polar surface area (TPSA) is 88.1 Å². The molecule has 1 aliphatic heterocycles. The third-order valence-corrected chi connectivity index (χ3v) is 6.41. The van der Waals surface area contributed by atoms with Gasteiger partial charge in [-0.05, 0) is 49.1 Å². The van der Waals surface area contributed by atoms with E-state index in [2.05, 4.69) is 5.32 Å². The summed E-state index contributed by atoms with van der Waals surface area (Å²) in [5, 5.41) is 2.84. The first kappa shape index (κ1) is 28.0. The Balaban J connectivity index is 2.01. The lowest BCUT2D eigenvalue weighted by Gasteiger charge is -2.29. The number of hydrogen-bond donors (Lipinski definition) is 1. The maximum Gasteiger partial charge on any atom is 0.302 e. The van der Waals surface area contributed by atoms with Gasteiger partial charge in [0.25, 0.3) is 5.91 Å². The molecule has 0 aliphatic carbocycles. The lowest BCUT2D eigenvalue weighted by Crippen LogP contribution is -2.50. The number of fused-ring (bicyclic) bond motifs is 1. The number of anilines is 1. The summed E-state index contributed by atoms with van der Waals surface area (Å²) >= 11 is 0. The minimum absolute atomic E-state index is 0.158. The molecule has 0 fully saturated rings. The Labute approximate surface area is 218 Å². The van der Waals surface area contributed by atoms with Crippen molar-refractivity contribution >= 4 is 29.2 Å². The van der Waals surface area contributed by atoms with Crippen LogP contribution < -0.4 is 10.2 Å². The number of likely N-dealkylation sites (N-methyl/N-ethyl adjacent to an activating group) is 1. The Kier molecular flexibility index (Phi) is 9.55. The molecule has 3 atom stereocenters. The molecular weight excluding hydrogens is 473 g/mol. The standard InChI is InChI=1S/C29H36FN3O4/c1-6-7-12-25(37-19(4)34)23(17-18(2)3)28(35)32-27-29(36)33(5)24-11-9-8-10-22(24)26(31-27)20-13-15-21(30)16-14-20/h8-11,13-16,18,23,25,27H,6-7,12,17H2,1-5H3,(H,32,35). The monoisotopic (exact) mass is 509 g/mol. The summed E-state index contributed by atoms with van der Waals surface area (Å²) < 4.78 is 19.2. The van der Waals surface area contributed by atoms with Crippen molar-refractivity contribution in [3.05, 3.63) is 65.5 Å². The van der Waals surface area contributed by atoms with Gasteiger partial charge in [0.15, 0.2) is 0 Å². The number of carbonyl (C=O) groups excluding carboxylic acids is 3. The van der Waals surface area contributed by atoms with E-state index < -0.39 is 36.0 Å². The second-order valence-corrected chi connectivity index (χ2v) is 9.84. The molecule has 2 aromatic carbocycles. The van der Waals surface area contributed by atoms with Crippen molar-refractivity contribution < 1.29 is 23.5 Å². The van der Waals surface area contributed by atoms with Crippen LogP contribution in [0, 0.1) is 17.7 Å². The van der Waals surface area contributed by atoms with Gasteiger partial charge in [-0.1, -0.05) is 51.8 Å². The number of ether oxygens (including phenoxy) is 1. The van der Waals surface area contributed by atoms with Crippen LogP contribution >= 0.6 is 0 Å². The summed E-state index contributed by atoms with van der Waals surface area (Å²) in [6.45, 7) is 7.36. The number of nitrogens with one attached hydrogen (secondary N) is 1. The van der Waals surface area contributed by atoms with Crippen LogP contribution in [-0.2, 0) is 19.1 Å². The van der Waals surface area contributed by atoms with E-state index in [0.29, 0.717) is 35.4 Å². The zero-order chi connectivity index (χ0) is 27.1. The van der Waals surface area contributed by atoms with Gasteiger partial charge in [-0.25, -0.2) is 9.38 Å². The molecule has 0 radical (unpaired) electrons. The first-order valence-corrected chi connectivity index (χ1v) is 12.8. The molecule has 0 spiro atoms. The number of benzene rings is 2. The fourth-order valence-corrected chi connectivity index (χ4v) is 4.59. The molecule has 1 heterocycles. The highest BCUT2D eigenvalue weighted by Crippen LogP contribution is 2.28. The molecule has 0 saturated carbocycles. The van der Waals surface area contributed by atoms with Gasteiger partial charge in [-0.3, -0.25) is 14.4 Å². The van der Waals surface area contributed by atoms with Crippen molar-refractivity contribution in [2.24, 2.45) is 16.8 Å². The number of para-hydroxylation sites is 1. The molecule has 2 amide bonds.